The van der Waals surface area contributed by atoms with Crippen molar-refractivity contribution in [3.05, 3.63) is 34.6 Å². The zero-order valence-corrected chi connectivity index (χ0v) is 10.6. The Balaban J connectivity index is 2.44. The molecule has 1 aromatic carbocycles. The van der Waals surface area contributed by atoms with Crippen LogP contribution in [0.15, 0.2) is 18.2 Å². The van der Waals surface area contributed by atoms with E-state index in [4.69, 9.17) is 10.5 Å². The molecule has 1 heterocycles. The van der Waals surface area contributed by atoms with Crippen molar-refractivity contribution in [3.8, 4) is 16.3 Å². The molecule has 0 bridgehead atoms. The van der Waals surface area contributed by atoms with Gasteiger partial charge >= 0.3 is 0 Å². The zero-order chi connectivity index (χ0) is 13.1. The maximum atomic E-state index is 13.7. The first-order valence-electron chi connectivity index (χ1n) is 5.32. The van der Waals surface area contributed by atoms with Gasteiger partial charge in [0.05, 0.1) is 12.3 Å². The van der Waals surface area contributed by atoms with Crippen molar-refractivity contribution in [1.29, 1.82) is 0 Å². The number of nitrogens with two attached hydrogens (primary N) is 1. The number of benzene rings is 1. The molecule has 0 unspecified atom stereocenters. The summed E-state index contributed by atoms with van der Waals surface area (Å²) < 4.78 is 18.7. The molecule has 2 aromatic rings. The lowest BCUT2D eigenvalue weighted by atomic mass is 10.2. The summed E-state index contributed by atoms with van der Waals surface area (Å²) in [5.74, 6) is -0.611. The highest BCUT2D eigenvalue weighted by molar-refractivity contribution is 7.15. The molecule has 0 aliphatic heterocycles. The minimum atomic E-state index is -0.503. The molecule has 0 radical (unpaired) electrons. The van der Waals surface area contributed by atoms with Crippen molar-refractivity contribution in [2.45, 2.75) is 13.2 Å². The van der Waals surface area contributed by atoms with E-state index < -0.39 is 5.82 Å². The van der Waals surface area contributed by atoms with Crippen LogP contribution >= 0.6 is 11.3 Å². The number of ether oxygens (including phenoxy) is 1. The first-order chi connectivity index (χ1) is 8.65. The monoisotopic (exact) mass is 268 g/mol. The van der Waals surface area contributed by atoms with Gasteiger partial charge in [-0.15, -0.1) is 11.3 Å². The first kappa shape index (κ1) is 12.9. The van der Waals surface area contributed by atoms with E-state index in [0.29, 0.717) is 23.7 Å². The van der Waals surface area contributed by atoms with Crippen LogP contribution in [0, 0.1) is 5.82 Å². The number of hydrogen-bond donors (Lipinski definition) is 2. The van der Waals surface area contributed by atoms with E-state index >= 15 is 0 Å². The molecule has 2 rings (SSSR count). The van der Waals surface area contributed by atoms with Gasteiger partial charge in [0.25, 0.3) is 0 Å². The molecule has 0 saturated heterocycles. The summed E-state index contributed by atoms with van der Waals surface area (Å²) in [5, 5.41) is 9.72. The Morgan fingerprint density at radius 2 is 2.28 bits per heavy atom. The first-order valence-corrected chi connectivity index (χ1v) is 6.13. The number of aromatic nitrogens is 1. The lowest BCUT2D eigenvalue weighted by Crippen LogP contribution is -1.99. The zero-order valence-electron chi connectivity index (χ0n) is 9.81. The second kappa shape index (κ2) is 5.43. The van der Waals surface area contributed by atoms with Crippen LogP contribution in [0.1, 0.15) is 10.6 Å². The summed E-state index contributed by atoms with van der Waals surface area (Å²) >= 11 is 1.33. The number of hydrogen-bond acceptors (Lipinski definition) is 5. The fraction of sp³-hybridized carbons (Fsp3) is 0.250. The molecule has 0 atom stereocenters. The normalized spacial score (nSPS) is 10.8. The van der Waals surface area contributed by atoms with Crippen LogP contribution < -0.4 is 5.73 Å². The van der Waals surface area contributed by atoms with Gasteiger partial charge in [-0.05, 0) is 12.1 Å². The van der Waals surface area contributed by atoms with Gasteiger partial charge in [-0.3, -0.25) is 0 Å². The number of halogens is 1. The standard InChI is InChI=1S/C12H13FN2O2S/c1-17-6-10-11(5-14)18-12(15-10)8-3-2-7(16)4-9(8)13/h2-4,16H,5-6,14H2,1H3. The van der Waals surface area contributed by atoms with E-state index in [9.17, 15) is 9.50 Å². The number of phenols is 1. The van der Waals surface area contributed by atoms with Gasteiger partial charge in [-0.25, -0.2) is 9.37 Å². The van der Waals surface area contributed by atoms with Gasteiger partial charge in [0.2, 0.25) is 0 Å². The van der Waals surface area contributed by atoms with Crippen LogP contribution in [0.4, 0.5) is 4.39 Å². The van der Waals surface area contributed by atoms with Gasteiger partial charge in [0.15, 0.2) is 0 Å². The molecule has 0 amide bonds. The van der Waals surface area contributed by atoms with Crippen molar-refractivity contribution < 1.29 is 14.2 Å². The third kappa shape index (κ3) is 2.50. The molecule has 18 heavy (non-hydrogen) atoms. The predicted molar refractivity (Wildman–Crippen MR) is 67.8 cm³/mol. The average molecular weight is 268 g/mol. The van der Waals surface area contributed by atoms with Crippen molar-refractivity contribution >= 4 is 11.3 Å². The topological polar surface area (TPSA) is 68.4 Å². The summed E-state index contributed by atoms with van der Waals surface area (Å²) in [6.45, 7) is 0.693. The Hall–Kier alpha value is -1.50. The minimum absolute atomic E-state index is 0.107. The van der Waals surface area contributed by atoms with Crippen LogP contribution in [-0.4, -0.2) is 17.2 Å². The lowest BCUT2D eigenvalue weighted by molar-refractivity contribution is 0.181. The van der Waals surface area contributed by atoms with Gasteiger partial charge in [-0.2, -0.15) is 0 Å². The summed E-state index contributed by atoms with van der Waals surface area (Å²) in [4.78, 5) is 5.20. The van der Waals surface area contributed by atoms with Crippen molar-refractivity contribution in [2.24, 2.45) is 5.73 Å². The van der Waals surface area contributed by atoms with E-state index in [1.807, 2.05) is 0 Å². The van der Waals surface area contributed by atoms with Gasteiger partial charge < -0.3 is 15.6 Å². The average Bonchev–Trinajstić information content (AvgIpc) is 2.72. The molecule has 3 N–H and O–H groups in total. The number of thiazole rings is 1. The van der Waals surface area contributed by atoms with Crippen LogP contribution in [0.5, 0.6) is 5.75 Å². The summed E-state index contributed by atoms with van der Waals surface area (Å²) in [6.07, 6.45) is 0. The molecule has 1 aromatic heterocycles. The van der Waals surface area contributed by atoms with Crippen LogP contribution in [0.3, 0.4) is 0 Å². The molecule has 0 spiro atoms. The number of rotatable bonds is 4. The van der Waals surface area contributed by atoms with E-state index in [-0.39, 0.29) is 5.75 Å². The van der Waals surface area contributed by atoms with Crippen molar-refractivity contribution in [1.82, 2.24) is 4.98 Å². The smallest absolute Gasteiger partial charge is 0.137 e. The molecular weight excluding hydrogens is 255 g/mol. The van der Waals surface area contributed by atoms with Gasteiger partial charge in [0, 0.05) is 30.2 Å². The second-order valence-corrected chi connectivity index (χ2v) is 4.77. The maximum absolute atomic E-state index is 13.7. The van der Waals surface area contributed by atoms with Gasteiger partial charge in [-0.1, -0.05) is 0 Å². The molecule has 4 nitrogen and oxygen atoms in total. The Morgan fingerprint density at radius 1 is 1.50 bits per heavy atom. The number of nitrogens with zero attached hydrogens (tertiary/aromatic N) is 1. The van der Waals surface area contributed by atoms with E-state index in [1.54, 1.807) is 7.11 Å². The van der Waals surface area contributed by atoms with E-state index in [0.717, 1.165) is 16.6 Å². The fourth-order valence-corrected chi connectivity index (χ4v) is 2.56. The summed E-state index contributed by atoms with van der Waals surface area (Å²) in [5.41, 5.74) is 6.70. The second-order valence-electron chi connectivity index (χ2n) is 3.69. The van der Waals surface area contributed by atoms with E-state index in [2.05, 4.69) is 4.98 Å². The highest BCUT2D eigenvalue weighted by Crippen LogP contribution is 2.31. The fourth-order valence-electron chi connectivity index (χ4n) is 1.58. The number of aromatic hydroxyl groups is 1. The molecular formula is C12H13FN2O2S. The maximum Gasteiger partial charge on any atom is 0.137 e. The minimum Gasteiger partial charge on any atom is -0.508 e. The SMILES string of the molecule is COCc1nc(-c2ccc(O)cc2F)sc1CN. The molecule has 6 heteroatoms. The predicted octanol–water partition coefficient (Wildman–Crippen LogP) is 2.26. The number of methoxy groups -OCH3 is 1. The summed E-state index contributed by atoms with van der Waals surface area (Å²) in [7, 11) is 1.57. The van der Waals surface area contributed by atoms with Gasteiger partial charge in [0.1, 0.15) is 16.6 Å². The Kier molecular flexibility index (Phi) is 3.90. The van der Waals surface area contributed by atoms with Crippen LogP contribution in [-0.2, 0) is 17.9 Å². The molecule has 0 aliphatic rings. The lowest BCUT2D eigenvalue weighted by Gasteiger charge is -1.99. The molecule has 0 fully saturated rings. The third-order valence-electron chi connectivity index (χ3n) is 2.43. The van der Waals surface area contributed by atoms with Crippen LogP contribution in [0.2, 0.25) is 0 Å². The third-order valence-corrected chi connectivity index (χ3v) is 3.58. The Morgan fingerprint density at radius 3 is 2.89 bits per heavy atom. The number of phenolic OH excluding ortho intramolecular Hbond substituents is 1. The van der Waals surface area contributed by atoms with E-state index in [1.165, 1.54) is 23.5 Å². The molecule has 0 saturated carbocycles. The summed E-state index contributed by atoms with van der Waals surface area (Å²) in [6, 6.07) is 3.99. The Bertz CT molecular complexity index is 557. The van der Waals surface area contributed by atoms with Crippen LogP contribution in [0.25, 0.3) is 10.6 Å². The van der Waals surface area contributed by atoms with Crippen molar-refractivity contribution in [3.63, 3.8) is 0 Å². The largest absolute Gasteiger partial charge is 0.508 e. The van der Waals surface area contributed by atoms with Crippen molar-refractivity contribution in [2.75, 3.05) is 7.11 Å². The molecule has 96 valence electrons. The molecule has 0 aliphatic carbocycles. The Labute approximate surface area is 108 Å². The quantitative estimate of drug-likeness (QED) is 0.892. The highest BCUT2D eigenvalue weighted by atomic mass is 32.1. The highest BCUT2D eigenvalue weighted by Gasteiger charge is 2.14.